The zero-order valence-electron chi connectivity index (χ0n) is 15.9. The van der Waals surface area contributed by atoms with Crippen molar-refractivity contribution in [3.63, 3.8) is 0 Å². The maximum atomic E-state index is 12.5. The quantitative estimate of drug-likeness (QED) is 0.437. The fourth-order valence-corrected chi connectivity index (χ4v) is 2.96. The van der Waals surface area contributed by atoms with Crippen LogP contribution in [0.4, 0.5) is 8.78 Å². The van der Waals surface area contributed by atoms with E-state index in [1.165, 1.54) is 18.2 Å². The standard InChI is InChI=1S/C20H18F2N2O5/c1-11-8-18(29-23-11)19(26)27-10-17(25)16-9-12(2)24(13(16)3)14-4-6-15(7-5-14)28-20(21)22/h4-9,20H,10H2,1-3H3. The van der Waals surface area contributed by atoms with E-state index in [4.69, 9.17) is 9.26 Å². The minimum Gasteiger partial charge on any atom is -0.451 e. The molecule has 2 aromatic heterocycles. The van der Waals surface area contributed by atoms with Gasteiger partial charge in [0.25, 0.3) is 0 Å². The molecule has 2 heterocycles. The molecule has 0 aliphatic rings. The predicted molar refractivity (Wildman–Crippen MR) is 97.7 cm³/mol. The van der Waals surface area contributed by atoms with E-state index >= 15 is 0 Å². The molecule has 9 heteroatoms. The van der Waals surface area contributed by atoms with Crippen molar-refractivity contribution in [2.24, 2.45) is 0 Å². The number of carbonyl (C=O) groups is 2. The van der Waals surface area contributed by atoms with E-state index in [1.807, 2.05) is 0 Å². The fourth-order valence-electron chi connectivity index (χ4n) is 2.96. The van der Waals surface area contributed by atoms with Crippen molar-refractivity contribution in [2.75, 3.05) is 6.61 Å². The van der Waals surface area contributed by atoms with Crippen LogP contribution in [-0.4, -0.2) is 34.7 Å². The maximum absolute atomic E-state index is 12.5. The number of nitrogens with zero attached hydrogens (tertiary/aromatic N) is 2. The molecule has 0 aliphatic carbocycles. The molecular formula is C20H18F2N2O5. The molecule has 0 saturated carbocycles. The summed E-state index contributed by atoms with van der Waals surface area (Å²) < 4.78 is 40.5. The number of alkyl halides is 2. The SMILES string of the molecule is Cc1cc(C(=O)OCC(=O)c2cc(C)n(-c3ccc(OC(F)F)cc3)c2C)on1. The zero-order chi connectivity index (χ0) is 21.1. The van der Waals surface area contributed by atoms with Gasteiger partial charge in [0, 0.05) is 28.7 Å². The van der Waals surface area contributed by atoms with Crippen molar-refractivity contribution < 1.29 is 32.4 Å². The lowest BCUT2D eigenvalue weighted by atomic mass is 10.1. The summed E-state index contributed by atoms with van der Waals surface area (Å²) in [6, 6.07) is 9.15. The summed E-state index contributed by atoms with van der Waals surface area (Å²) in [5.41, 5.74) is 2.97. The lowest BCUT2D eigenvalue weighted by molar-refractivity contribution is -0.0498. The van der Waals surface area contributed by atoms with Crippen LogP contribution in [0.2, 0.25) is 0 Å². The summed E-state index contributed by atoms with van der Waals surface area (Å²) in [6.45, 7) is 1.85. The van der Waals surface area contributed by atoms with Gasteiger partial charge in [0.1, 0.15) is 5.75 Å². The summed E-state index contributed by atoms with van der Waals surface area (Å²) in [6.07, 6.45) is 0. The third-order valence-electron chi connectivity index (χ3n) is 4.22. The molecule has 0 bridgehead atoms. The largest absolute Gasteiger partial charge is 0.451 e. The highest BCUT2D eigenvalue weighted by atomic mass is 19.3. The molecule has 0 unspecified atom stereocenters. The second kappa shape index (κ2) is 8.26. The Balaban J connectivity index is 1.74. The van der Waals surface area contributed by atoms with Crippen molar-refractivity contribution in [2.45, 2.75) is 27.4 Å². The fraction of sp³-hybridized carbons (Fsp3) is 0.250. The van der Waals surface area contributed by atoms with Crippen LogP contribution in [0.25, 0.3) is 5.69 Å². The number of halogens is 2. The van der Waals surface area contributed by atoms with Crippen molar-refractivity contribution in [3.05, 3.63) is 64.8 Å². The Kier molecular flexibility index (Phi) is 5.76. The van der Waals surface area contributed by atoms with Gasteiger partial charge in [-0.05, 0) is 51.1 Å². The topological polar surface area (TPSA) is 83.6 Å². The van der Waals surface area contributed by atoms with Gasteiger partial charge in [0.15, 0.2) is 6.61 Å². The highest BCUT2D eigenvalue weighted by Crippen LogP contribution is 2.24. The lowest BCUT2D eigenvalue weighted by Crippen LogP contribution is -2.14. The Hall–Kier alpha value is -3.49. The molecule has 0 amide bonds. The highest BCUT2D eigenvalue weighted by Gasteiger charge is 2.20. The Labute approximate surface area is 164 Å². The number of hydrogen-bond donors (Lipinski definition) is 0. The van der Waals surface area contributed by atoms with Gasteiger partial charge in [-0.2, -0.15) is 8.78 Å². The maximum Gasteiger partial charge on any atom is 0.387 e. The number of aryl methyl sites for hydroxylation is 2. The summed E-state index contributed by atoms with van der Waals surface area (Å²) in [7, 11) is 0. The van der Waals surface area contributed by atoms with Gasteiger partial charge in [-0.3, -0.25) is 4.79 Å². The van der Waals surface area contributed by atoms with Gasteiger partial charge < -0.3 is 18.6 Å². The molecule has 3 aromatic rings. The van der Waals surface area contributed by atoms with Crippen molar-refractivity contribution in [1.82, 2.24) is 9.72 Å². The molecule has 0 radical (unpaired) electrons. The first kappa shape index (κ1) is 20.2. The summed E-state index contributed by atoms with van der Waals surface area (Å²) in [5.74, 6) is -1.20. The van der Waals surface area contributed by atoms with E-state index in [0.717, 1.165) is 5.69 Å². The Morgan fingerprint density at radius 3 is 2.41 bits per heavy atom. The van der Waals surface area contributed by atoms with Gasteiger partial charge >= 0.3 is 12.6 Å². The molecule has 0 N–H and O–H groups in total. The van der Waals surface area contributed by atoms with Crippen LogP contribution in [0.15, 0.2) is 40.9 Å². The number of carbonyl (C=O) groups excluding carboxylic acids is 2. The molecule has 7 nitrogen and oxygen atoms in total. The van der Waals surface area contributed by atoms with Gasteiger partial charge in [-0.25, -0.2) is 4.79 Å². The smallest absolute Gasteiger partial charge is 0.387 e. The molecule has 0 spiro atoms. The van der Waals surface area contributed by atoms with Crippen molar-refractivity contribution in [3.8, 4) is 11.4 Å². The van der Waals surface area contributed by atoms with Gasteiger partial charge in [-0.1, -0.05) is 5.16 Å². The first-order chi connectivity index (χ1) is 13.8. The van der Waals surface area contributed by atoms with Crippen LogP contribution >= 0.6 is 0 Å². The van der Waals surface area contributed by atoms with E-state index in [1.54, 1.807) is 43.5 Å². The number of Topliss-reactive ketones (excluding diaryl/α,β-unsaturated/α-hetero) is 1. The Morgan fingerprint density at radius 1 is 1.14 bits per heavy atom. The second-order valence-electron chi connectivity index (χ2n) is 6.32. The molecule has 0 saturated heterocycles. The number of esters is 1. The minimum atomic E-state index is -2.90. The van der Waals surface area contributed by atoms with Crippen molar-refractivity contribution in [1.29, 1.82) is 0 Å². The monoisotopic (exact) mass is 404 g/mol. The number of hydrogen-bond acceptors (Lipinski definition) is 6. The number of ether oxygens (including phenoxy) is 2. The molecule has 152 valence electrons. The molecule has 0 aliphatic heterocycles. The average molecular weight is 404 g/mol. The van der Waals surface area contributed by atoms with E-state index in [0.29, 0.717) is 22.6 Å². The molecule has 3 rings (SSSR count). The number of ketones is 1. The molecule has 1 aromatic carbocycles. The molecule has 29 heavy (non-hydrogen) atoms. The third-order valence-corrected chi connectivity index (χ3v) is 4.22. The van der Waals surface area contributed by atoms with Crippen LogP contribution in [0.1, 0.15) is 38.0 Å². The van der Waals surface area contributed by atoms with Crippen LogP contribution in [0.5, 0.6) is 5.75 Å². The van der Waals surface area contributed by atoms with Crippen LogP contribution in [0, 0.1) is 20.8 Å². The predicted octanol–water partition coefficient (Wildman–Crippen LogP) is 4.03. The normalized spacial score (nSPS) is 11.0. The number of benzene rings is 1. The molecular weight excluding hydrogens is 386 g/mol. The zero-order valence-corrected chi connectivity index (χ0v) is 15.9. The number of aromatic nitrogens is 2. The second-order valence-corrected chi connectivity index (χ2v) is 6.32. The van der Waals surface area contributed by atoms with E-state index in [-0.39, 0.29) is 17.3 Å². The first-order valence-electron chi connectivity index (χ1n) is 8.64. The lowest BCUT2D eigenvalue weighted by Gasteiger charge is -2.11. The third kappa shape index (κ3) is 4.50. The van der Waals surface area contributed by atoms with E-state index in [2.05, 4.69) is 9.89 Å². The molecule has 0 atom stereocenters. The highest BCUT2D eigenvalue weighted by molar-refractivity contribution is 6.00. The van der Waals surface area contributed by atoms with E-state index < -0.39 is 19.2 Å². The van der Waals surface area contributed by atoms with Crippen LogP contribution < -0.4 is 4.74 Å². The van der Waals surface area contributed by atoms with E-state index in [9.17, 15) is 18.4 Å². The Bertz CT molecular complexity index is 1040. The summed E-state index contributed by atoms with van der Waals surface area (Å²) in [4.78, 5) is 24.4. The van der Waals surface area contributed by atoms with Crippen LogP contribution in [0.3, 0.4) is 0 Å². The van der Waals surface area contributed by atoms with Gasteiger partial charge in [0.2, 0.25) is 11.5 Å². The Morgan fingerprint density at radius 2 is 1.83 bits per heavy atom. The first-order valence-corrected chi connectivity index (χ1v) is 8.64. The summed E-state index contributed by atoms with van der Waals surface area (Å²) in [5, 5.41) is 3.59. The number of rotatable bonds is 7. The van der Waals surface area contributed by atoms with Crippen molar-refractivity contribution >= 4 is 11.8 Å². The van der Waals surface area contributed by atoms with Crippen LogP contribution in [-0.2, 0) is 4.74 Å². The average Bonchev–Trinajstić information content (AvgIpc) is 3.23. The molecule has 0 fully saturated rings. The summed E-state index contributed by atoms with van der Waals surface area (Å²) >= 11 is 0. The minimum absolute atomic E-state index is 0.0390. The van der Waals surface area contributed by atoms with Gasteiger partial charge in [0.05, 0.1) is 5.69 Å². The van der Waals surface area contributed by atoms with Gasteiger partial charge in [-0.15, -0.1) is 0 Å².